The molecule has 0 aliphatic heterocycles. The zero-order chi connectivity index (χ0) is 9.26. The topological polar surface area (TPSA) is 39.2 Å². The zero-order valence-corrected chi connectivity index (χ0v) is 8.06. The second-order valence-electron chi connectivity index (χ2n) is 2.81. The molecule has 0 atom stereocenters. The van der Waals surface area contributed by atoms with Gasteiger partial charge in [0.2, 0.25) is 5.88 Å². The van der Waals surface area contributed by atoms with Gasteiger partial charge in [-0.15, -0.1) is 0 Å². The Balaban J connectivity index is 2.30. The summed E-state index contributed by atoms with van der Waals surface area (Å²) in [4.78, 5) is 12.3. The molecule has 0 unspecified atom stereocenters. The van der Waals surface area contributed by atoms with Crippen molar-refractivity contribution in [2.45, 2.75) is 12.8 Å². The lowest BCUT2D eigenvalue weighted by molar-refractivity contribution is -0.113. The van der Waals surface area contributed by atoms with Crippen molar-refractivity contribution in [1.29, 1.82) is 0 Å². The van der Waals surface area contributed by atoms with Crippen LogP contribution in [0.3, 0.4) is 0 Å². The minimum Gasteiger partial charge on any atom is -0.480 e. The predicted octanol–water partition coefficient (Wildman–Crippen LogP) is 1.90. The average molecular weight is 195 g/mol. The summed E-state index contributed by atoms with van der Waals surface area (Å²) >= 11 is 1.31. The lowest BCUT2D eigenvalue weighted by Crippen LogP contribution is -1.92. The van der Waals surface area contributed by atoms with Crippen molar-refractivity contribution < 1.29 is 9.53 Å². The monoisotopic (exact) mass is 195 g/mol. The fourth-order valence-electron chi connectivity index (χ4n) is 1.32. The molecule has 0 fully saturated rings. The van der Waals surface area contributed by atoms with Gasteiger partial charge in [-0.3, -0.25) is 4.79 Å². The average Bonchev–Trinajstić information content (AvgIpc) is 2.71. The van der Waals surface area contributed by atoms with Gasteiger partial charge < -0.3 is 4.74 Å². The molecule has 1 aromatic heterocycles. The Morgan fingerprint density at radius 3 is 3.00 bits per heavy atom. The van der Waals surface area contributed by atoms with E-state index < -0.39 is 0 Å². The third kappa shape index (κ3) is 1.49. The first-order valence-corrected chi connectivity index (χ1v) is 4.83. The van der Waals surface area contributed by atoms with Gasteiger partial charge in [-0.2, -0.15) is 4.37 Å². The maximum Gasteiger partial charge on any atom is 0.225 e. The van der Waals surface area contributed by atoms with E-state index >= 15 is 0 Å². The van der Waals surface area contributed by atoms with Crippen LogP contribution in [-0.2, 0) is 4.79 Å². The van der Waals surface area contributed by atoms with Crippen LogP contribution in [0.15, 0.2) is 12.1 Å². The molecule has 0 aromatic carbocycles. The fourth-order valence-corrected chi connectivity index (χ4v) is 2.08. The van der Waals surface area contributed by atoms with Crippen LogP contribution >= 0.6 is 11.5 Å². The number of methoxy groups -OCH3 is 1. The zero-order valence-electron chi connectivity index (χ0n) is 7.24. The van der Waals surface area contributed by atoms with E-state index in [1.54, 1.807) is 13.2 Å². The SMILES string of the molecule is COc1cc(C2=CCCC2=O)sn1. The molecule has 1 heterocycles. The summed E-state index contributed by atoms with van der Waals surface area (Å²) in [7, 11) is 1.57. The van der Waals surface area contributed by atoms with Crippen LogP contribution in [0, 0.1) is 0 Å². The normalized spacial score (nSPS) is 16.1. The first-order chi connectivity index (χ1) is 6.31. The van der Waals surface area contributed by atoms with E-state index in [-0.39, 0.29) is 5.78 Å². The molecule has 13 heavy (non-hydrogen) atoms. The van der Waals surface area contributed by atoms with Gasteiger partial charge in [0.15, 0.2) is 5.78 Å². The minimum absolute atomic E-state index is 0.214. The summed E-state index contributed by atoms with van der Waals surface area (Å²) in [6.45, 7) is 0. The van der Waals surface area contributed by atoms with Crippen LogP contribution in [-0.4, -0.2) is 17.3 Å². The van der Waals surface area contributed by atoms with Gasteiger partial charge in [0.25, 0.3) is 0 Å². The van der Waals surface area contributed by atoms with Crippen LogP contribution in [0.5, 0.6) is 5.88 Å². The Bertz CT molecular complexity index is 367. The van der Waals surface area contributed by atoms with E-state index in [0.29, 0.717) is 12.3 Å². The number of aromatic nitrogens is 1. The second kappa shape index (κ2) is 3.30. The predicted molar refractivity (Wildman–Crippen MR) is 50.9 cm³/mol. The third-order valence-electron chi connectivity index (χ3n) is 1.98. The van der Waals surface area contributed by atoms with E-state index in [1.807, 2.05) is 6.08 Å². The van der Waals surface area contributed by atoms with Crippen LogP contribution in [0.2, 0.25) is 0 Å². The summed E-state index contributed by atoms with van der Waals surface area (Å²) in [5, 5.41) is 0. The fraction of sp³-hybridized carbons (Fsp3) is 0.333. The first kappa shape index (κ1) is 8.44. The van der Waals surface area contributed by atoms with E-state index in [4.69, 9.17) is 4.74 Å². The molecule has 2 rings (SSSR count). The quantitative estimate of drug-likeness (QED) is 0.723. The number of ether oxygens (including phenoxy) is 1. The molecule has 0 N–H and O–H groups in total. The van der Waals surface area contributed by atoms with E-state index in [9.17, 15) is 4.79 Å². The van der Waals surface area contributed by atoms with E-state index in [1.165, 1.54) is 11.5 Å². The molecule has 0 amide bonds. The number of hydrogen-bond donors (Lipinski definition) is 0. The van der Waals surface area contributed by atoms with Gasteiger partial charge >= 0.3 is 0 Å². The Kier molecular flexibility index (Phi) is 2.14. The van der Waals surface area contributed by atoms with Crippen molar-refractivity contribution in [2.24, 2.45) is 0 Å². The molecule has 0 saturated carbocycles. The van der Waals surface area contributed by atoms with Crippen molar-refractivity contribution in [3.63, 3.8) is 0 Å². The van der Waals surface area contributed by atoms with Crippen LogP contribution in [0.4, 0.5) is 0 Å². The largest absolute Gasteiger partial charge is 0.480 e. The number of allylic oxidation sites excluding steroid dienone is 2. The number of Topliss-reactive ketones (excluding diaryl/α,β-unsaturated/α-hetero) is 1. The number of nitrogens with zero attached hydrogens (tertiary/aromatic N) is 1. The highest BCUT2D eigenvalue weighted by molar-refractivity contribution is 7.07. The number of carbonyl (C=O) groups excluding carboxylic acids is 1. The minimum atomic E-state index is 0.214. The maximum absolute atomic E-state index is 11.3. The van der Waals surface area contributed by atoms with E-state index in [0.717, 1.165) is 16.9 Å². The van der Waals surface area contributed by atoms with Crippen LogP contribution < -0.4 is 4.74 Å². The smallest absolute Gasteiger partial charge is 0.225 e. The van der Waals surface area contributed by atoms with Crippen molar-refractivity contribution in [3.05, 3.63) is 17.0 Å². The van der Waals surface area contributed by atoms with Crippen molar-refractivity contribution >= 4 is 22.9 Å². The molecule has 1 aliphatic rings. The van der Waals surface area contributed by atoms with Crippen molar-refractivity contribution in [2.75, 3.05) is 7.11 Å². The molecule has 0 bridgehead atoms. The van der Waals surface area contributed by atoms with Gasteiger partial charge in [-0.25, -0.2) is 0 Å². The van der Waals surface area contributed by atoms with Crippen LogP contribution in [0.25, 0.3) is 5.57 Å². The Hall–Kier alpha value is -1.16. The second-order valence-corrected chi connectivity index (χ2v) is 3.62. The Labute approximate surface area is 80.2 Å². The maximum atomic E-state index is 11.3. The van der Waals surface area contributed by atoms with Gasteiger partial charge in [0.1, 0.15) is 0 Å². The van der Waals surface area contributed by atoms with Crippen LogP contribution in [0.1, 0.15) is 17.7 Å². The number of carbonyl (C=O) groups is 1. The van der Waals surface area contributed by atoms with E-state index in [2.05, 4.69) is 4.37 Å². The summed E-state index contributed by atoms with van der Waals surface area (Å²) in [6, 6.07) is 1.81. The lowest BCUT2D eigenvalue weighted by atomic mass is 10.2. The standard InChI is InChI=1S/C9H9NO2S/c1-12-9-5-8(13-10-9)6-3-2-4-7(6)11/h3,5H,2,4H2,1H3. The Morgan fingerprint density at radius 1 is 1.62 bits per heavy atom. The number of hydrogen-bond acceptors (Lipinski definition) is 4. The van der Waals surface area contributed by atoms with Gasteiger partial charge in [0.05, 0.1) is 12.0 Å². The third-order valence-corrected chi connectivity index (χ3v) is 2.79. The van der Waals surface area contributed by atoms with Crippen molar-refractivity contribution in [1.82, 2.24) is 4.37 Å². The summed E-state index contributed by atoms with van der Waals surface area (Å²) in [5.41, 5.74) is 0.806. The summed E-state index contributed by atoms with van der Waals surface area (Å²) in [6.07, 6.45) is 3.46. The lowest BCUT2D eigenvalue weighted by Gasteiger charge is -1.92. The molecule has 4 heteroatoms. The highest BCUT2D eigenvalue weighted by Gasteiger charge is 2.18. The Morgan fingerprint density at radius 2 is 2.46 bits per heavy atom. The molecule has 1 aromatic rings. The highest BCUT2D eigenvalue weighted by Crippen LogP contribution is 2.29. The van der Waals surface area contributed by atoms with Gasteiger partial charge in [-0.1, -0.05) is 6.08 Å². The molecule has 0 spiro atoms. The highest BCUT2D eigenvalue weighted by atomic mass is 32.1. The number of rotatable bonds is 2. The van der Waals surface area contributed by atoms with Gasteiger partial charge in [0, 0.05) is 18.1 Å². The molecule has 68 valence electrons. The summed E-state index contributed by atoms with van der Waals surface area (Å²) < 4.78 is 8.99. The number of ketones is 1. The molecule has 3 nitrogen and oxygen atoms in total. The summed E-state index contributed by atoms with van der Waals surface area (Å²) in [5.74, 6) is 0.798. The molecule has 1 aliphatic carbocycles. The molecular formula is C9H9NO2S. The first-order valence-electron chi connectivity index (χ1n) is 4.05. The van der Waals surface area contributed by atoms with Gasteiger partial charge in [-0.05, 0) is 18.0 Å². The molecular weight excluding hydrogens is 186 g/mol. The molecule has 0 saturated heterocycles. The molecule has 0 radical (unpaired) electrons. The van der Waals surface area contributed by atoms with Crippen molar-refractivity contribution in [3.8, 4) is 5.88 Å².